The van der Waals surface area contributed by atoms with Gasteiger partial charge in [-0.3, -0.25) is 0 Å². The summed E-state index contributed by atoms with van der Waals surface area (Å²) >= 11 is 2.25. The first-order valence-electron chi connectivity index (χ1n) is 17.2. The van der Waals surface area contributed by atoms with Crippen LogP contribution in [0.5, 0.6) is 0 Å². The summed E-state index contributed by atoms with van der Waals surface area (Å²) in [6.07, 6.45) is -27.6. The first-order chi connectivity index (χ1) is 25.7. The number of aliphatic hydroxyl groups excluding tert-OH is 14. The molecule has 310 valence electrons. The molecule has 4 heterocycles. The quantitative estimate of drug-likeness (QED) is 0.0830. The van der Waals surface area contributed by atoms with Gasteiger partial charge in [-0.05, 0) is 11.1 Å². The van der Waals surface area contributed by atoms with Gasteiger partial charge in [0, 0.05) is 11.5 Å². The van der Waals surface area contributed by atoms with Crippen LogP contribution in [-0.4, -0.2) is 219 Å². The average molecular weight is 819 g/mol. The minimum Gasteiger partial charge on any atom is -0.394 e. The highest BCUT2D eigenvalue weighted by Gasteiger charge is 2.52. The van der Waals surface area contributed by atoms with Gasteiger partial charge in [-0.1, -0.05) is 24.3 Å². The molecular formula is C32H50O20S2. The fourth-order valence-electron chi connectivity index (χ4n) is 6.47. The third-order valence-electron chi connectivity index (χ3n) is 9.77. The maximum absolute atomic E-state index is 10.9. The lowest BCUT2D eigenvalue weighted by atomic mass is 9.97. The van der Waals surface area contributed by atoms with E-state index in [2.05, 4.69) is 0 Å². The fraction of sp³-hybridized carbons (Fsp3) is 0.812. The van der Waals surface area contributed by atoms with E-state index in [-0.39, 0.29) is 0 Å². The van der Waals surface area contributed by atoms with E-state index < -0.39 is 148 Å². The molecule has 20 atom stereocenters. The monoisotopic (exact) mass is 818 g/mol. The first kappa shape index (κ1) is 44.2. The van der Waals surface area contributed by atoms with Gasteiger partial charge in [0.1, 0.15) is 109 Å². The Morgan fingerprint density at radius 1 is 0.407 bits per heavy atom. The number of aliphatic hydroxyl groups is 14. The largest absolute Gasteiger partial charge is 0.394 e. The van der Waals surface area contributed by atoms with Crippen molar-refractivity contribution in [1.82, 2.24) is 0 Å². The molecule has 0 bridgehead atoms. The zero-order valence-corrected chi connectivity index (χ0v) is 30.3. The molecule has 1 aromatic rings. The Labute approximate surface area is 317 Å². The topological polar surface area (TPSA) is 339 Å². The molecule has 0 spiro atoms. The van der Waals surface area contributed by atoms with Crippen molar-refractivity contribution in [3.05, 3.63) is 35.4 Å². The summed E-state index contributed by atoms with van der Waals surface area (Å²) in [5.74, 6) is 0.589. The predicted molar refractivity (Wildman–Crippen MR) is 182 cm³/mol. The lowest BCUT2D eigenvalue weighted by Gasteiger charge is -2.46. The van der Waals surface area contributed by atoms with Crippen LogP contribution in [0.2, 0.25) is 0 Å². The van der Waals surface area contributed by atoms with Gasteiger partial charge in [0.25, 0.3) is 0 Å². The SMILES string of the molecule is OC[C@H]1O[C@H](O[C@@H]2[C@H](O)[C@@H](O)[C@H](SCc3ccc(CS[C@@H]4O[C@H](CO)[C@H](O[C@H]5O[C@H](CO)[C@H](O)[C@H](O)[C@H]5O)[C@H](O)[C@H]4O)cc3)O[C@@H]2CO)[C@H](O)[C@@H](O)[C@H]1O. The molecule has 4 saturated heterocycles. The normalized spacial score (nSPS) is 46.0. The van der Waals surface area contributed by atoms with E-state index in [4.69, 9.17) is 28.4 Å². The molecule has 0 radical (unpaired) electrons. The van der Waals surface area contributed by atoms with Crippen LogP contribution < -0.4 is 0 Å². The van der Waals surface area contributed by atoms with Crippen molar-refractivity contribution in [2.45, 2.75) is 133 Å². The van der Waals surface area contributed by atoms with Crippen molar-refractivity contribution in [3.8, 4) is 0 Å². The molecule has 14 N–H and O–H groups in total. The minimum atomic E-state index is -1.77. The van der Waals surface area contributed by atoms with E-state index in [1.54, 1.807) is 24.3 Å². The van der Waals surface area contributed by atoms with Gasteiger partial charge in [0.2, 0.25) is 0 Å². The van der Waals surface area contributed by atoms with Crippen LogP contribution in [0.25, 0.3) is 0 Å². The second-order valence-corrected chi connectivity index (χ2v) is 15.6. The number of hydrogen-bond acceptors (Lipinski definition) is 22. The molecule has 0 unspecified atom stereocenters. The van der Waals surface area contributed by atoms with Crippen LogP contribution >= 0.6 is 23.5 Å². The number of thioether (sulfide) groups is 2. The molecule has 0 saturated carbocycles. The van der Waals surface area contributed by atoms with E-state index in [1.807, 2.05) is 0 Å². The molecule has 4 aliphatic rings. The molecule has 20 nitrogen and oxygen atoms in total. The Morgan fingerprint density at radius 2 is 0.741 bits per heavy atom. The van der Waals surface area contributed by atoms with Crippen molar-refractivity contribution in [2.24, 2.45) is 0 Å². The summed E-state index contributed by atoms with van der Waals surface area (Å²) in [7, 11) is 0. The van der Waals surface area contributed by atoms with E-state index in [0.29, 0.717) is 11.5 Å². The summed E-state index contributed by atoms with van der Waals surface area (Å²) in [5.41, 5.74) is -0.466. The van der Waals surface area contributed by atoms with Crippen LogP contribution in [-0.2, 0) is 39.9 Å². The van der Waals surface area contributed by atoms with Crippen LogP contribution in [0, 0.1) is 0 Å². The van der Waals surface area contributed by atoms with Gasteiger partial charge in [0.15, 0.2) is 12.6 Å². The number of benzene rings is 1. The van der Waals surface area contributed by atoms with Crippen LogP contribution in [0.1, 0.15) is 11.1 Å². The maximum Gasteiger partial charge on any atom is 0.187 e. The van der Waals surface area contributed by atoms with E-state index in [9.17, 15) is 71.5 Å². The Balaban J connectivity index is 1.11. The molecule has 4 fully saturated rings. The van der Waals surface area contributed by atoms with Crippen LogP contribution in [0.4, 0.5) is 0 Å². The Bertz CT molecular complexity index is 1190. The standard InChI is InChI=1S/C32H50O20S2/c33-5-13-17(37)19(39)23(43)29(47-13)51-27-15(7-35)49-31(25(45)21(27)41)53-9-11-1-2-12(4-3-11)10-54-32-26(46)22(42)28(16(8-36)50-32)52-30-24(44)20(40)18(38)14(6-34)48-30/h1-4,13-46H,5-10H2/t13-,14-,15-,16-,17+,18+,19+,20+,21-,22-,23-,24-,25-,26-,27+,28+,29-,30-,31+,32+/m1/s1. The molecule has 5 rings (SSSR count). The van der Waals surface area contributed by atoms with Gasteiger partial charge in [-0.15, -0.1) is 23.5 Å². The van der Waals surface area contributed by atoms with Crippen LogP contribution in [0.3, 0.4) is 0 Å². The highest BCUT2D eigenvalue weighted by molar-refractivity contribution is 7.99. The number of hydrogen-bond donors (Lipinski definition) is 14. The van der Waals surface area contributed by atoms with Gasteiger partial charge in [-0.2, -0.15) is 0 Å². The zero-order valence-electron chi connectivity index (χ0n) is 28.6. The van der Waals surface area contributed by atoms with Gasteiger partial charge >= 0.3 is 0 Å². The predicted octanol–water partition coefficient (Wildman–Crippen LogP) is -6.60. The average Bonchev–Trinajstić information content (AvgIpc) is 3.18. The van der Waals surface area contributed by atoms with Crippen molar-refractivity contribution >= 4 is 23.5 Å². The van der Waals surface area contributed by atoms with Gasteiger partial charge in [-0.25, -0.2) is 0 Å². The molecule has 0 aliphatic carbocycles. The zero-order chi connectivity index (χ0) is 39.4. The Kier molecular flexibility index (Phi) is 16.1. The highest BCUT2D eigenvalue weighted by atomic mass is 32.2. The maximum atomic E-state index is 10.9. The smallest absolute Gasteiger partial charge is 0.187 e. The summed E-state index contributed by atoms with van der Waals surface area (Å²) < 4.78 is 33.5. The van der Waals surface area contributed by atoms with E-state index >= 15 is 0 Å². The molecule has 54 heavy (non-hydrogen) atoms. The van der Waals surface area contributed by atoms with E-state index in [0.717, 1.165) is 34.7 Å². The molecule has 0 aromatic heterocycles. The molecular weight excluding hydrogens is 768 g/mol. The Hall–Kier alpha value is -0.880. The lowest BCUT2D eigenvalue weighted by Crippen LogP contribution is -2.64. The third-order valence-corrected chi connectivity index (χ3v) is 12.2. The molecule has 1 aromatic carbocycles. The summed E-state index contributed by atoms with van der Waals surface area (Å²) in [6.45, 7) is -2.72. The summed E-state index contributed by atoms with van der Waals surface area (Å²) in [4.78, 5) is 0. The minimum absolute atomic E-state index is 0.295. The first-order valence-corrected chi connectivity index (χ1v) is 19.3. The van der Waals surface area contributed by atoms with E-state index in [1.165, 1.54) is 0 Å². The molecule has 4 aliphatic heterocycles. The lowest BCUT2D eigenvalue weighted by molar-refractivity contribution is -0.338. The number of rotatable bonds is 14. The van der Waals surface area contributed by atoms with Gasteiger partial charge in [0.05, 0.1) is 26.4 Å². The summed E-state index contributed by atoms with van der Waals surface area (Å²) in [5, 5.41) is 143. The summed E-state index contributed by atoms with van der Waals surface area (Å²) in [6, 6.07) is 7.15. The van der Waals surface area contributed by atoms with Gasteiger partial charge < -0.3 is 99.9 Å². The van der Waals surface area contributed by atoms with Crippen molar-refractivity contribution in [3.63, 3.8) is 0 Å². The highest BCUT2D eigenvalue weighted by Crippen LogP contribution is 2.36. The molecule has 0 amide bonds. The van der Waals surface area contributed by atoms with Crippen molar-refractivity contribution in [2.75, 3.05) is 26.4 Å². The number of ether oxygens (including phenoxy) is 6. The van der Waals surface area contributed by atoms with Crippen molar-refractivity contribution < 1.29 is 99.9 Å². The third kappa shape index (κ3) is 9.69. The van der Waals surface area contributed by atoms with Crippen LogP contribution in [0.15, 0.2) is 24.3 Å². The fourth-order valence-corrected chi connectivity index (χ4v) is 8.73. The van der Waals surface area contributed by atoms with Crippen molar-refractivity contribution in [1.29, 1.82) is 0 Å². The molecule has 22 heteroatoms. The Morgan fingerprint density at radius 3 is 1.06 bits per heavy atom. The second kappa shape index (κ2) is 19.7. The second-order valence-electron chi connectivity index (χ2n) is 13.4.